The third-order valence-corrected chi connectivity index (χ3v) is 3.91. The van der Waals surface area contributed by atoms with E-state index in [2.05, 4.69) is 49.0 Å². The predicted octanol–water partition coefficient (Wildman–Crippen LogP) is 2.08. The summed E-state index contributed by atoms with van der Waals surface area (Å²) >= 11 is 0. The van der Waals surface area contributed by atoms with E-state index in [1.165, 1.54) is 5.56 Å². The average Bonchev–Trinajstić information content (AvgIpc) is 2.72. The Bertz CT molecular complexity index is 406. The van der Waals surface area contributed by atoms with Gasteiger partial charge in [0.25, 0.3) is 0 Å². The van der Waals surface area contributed by atoms with Crippen molar-refractivity contribution in [2.45, 2.75) is 33.9 Å². The third-order valence-electron chi connectivity index (χ3n) is 3.91. The molecule has 0 spiro atoms. The van der Waals surface area contributed by atoms with Gasteiger partial charge in [-0.3, -0.25) is 4.90 Å². The summed E-state index contributed by atoms with van der Waals surface area (Å²) in [6, 6.07) is 2.22. The molecule has 1 aliphatic rings. The minimum Gasteiger partial charge on any atom is -0.465 e. The van der Waals surface area contributed by atoms with Gasteiger partial charge in [0.15, 0.2) is 0 Å². The number of nitrogens with zero attached hydrogens (tertiary/aromatic N) is 2. The Morgan fingerprint density at radius 3 is 2.60 bits per heavy atom. The Kier molecular flexibility index (Phi) is 5.64. The smallest absolute Gasteiger partial charge is 0.118 e. The molecule has 1 N–H and O–H groups in total. The van der Waals surface area contributed by atoms with E-state index in [4.69, 9.17) is 4.42 Å². The molecule has 20 heavy (non-hydrogen) atoms. The molecule has 1 aliphatic heterocycles. The standard InChI is InChI=1S/C16H29N3O/c1-13(2)10-17-11-15-9-16(20-14(15)3)12-19-7-5-18(4)6-8-19/h9,13,17H,5-8,10-12H2,1-4H3. The van der Waals surface area contributed by atoms with Crippen LogP contribution in [0.4, 0.5) is 0 Å². The van der Waals surface area contributed by atoms with Gasteiger partial charge in [-0.05, 0) is 32.5 Å². The molecule has 0 radical (unpaired) electrons. The number of rotatable bonds is 6. The molecule has 2 heterocycles. The van der Waals surface area contributed by atoms with Crippen LogP contribution >= 0.6 is 0 Å². The Morgan fingerprint density at radius 1 is 1.25 bits per heavy atom. The number of hydrogen-bond donors (Lipinski definition) is 1. The van der Waals surface area contributed by atoms with Crippen molar-refractivity contribution in [1.82, 2.24) is 15.1 Å². The van der Waals surface area contributed by atoms with Gasteiger partial charge in [0.05, 0.1) is 6.54 Å². The summed E-state index contributed by atoms with van der Waals surface area (Å²) in [5, 5.41) is 3.48. The van der Waals surface area contributed by atoms with Crippen molar-refractivity contribution in [3.8, 4) is 0 Å². The molecule has 4 nitrogen and oxygen atoms in total. The normalized spacial score (nSPS) is 18.1. The van der Waals surface area contributed by atoms with Gasteiger partial charge in [-0.25, -0.2) is 0 Å². The van der Waals surface area contributed by atoms with Crippen LogP contribution in [-0.2, 0) is 13.1 Å². The fraction of sp³-hybridized carbons (Fsp3) is 0.750. The van der Waals surface area contributed by atoms with Crippen LogP contribution in [0, 0.1) is 12.8 Å². The first-order chi connectivity index (χ1) is 9.54. The summed E-state index contributed by atoms with van der Waals surface area (Å²) in [6.45, 7) is 14.0. The lowest BCUT2D eigenvalue weighted by Crippen LogP contribution is -2.43. The van der Waals surface area contributed by atoms with Gasteiger partial charge in [-0.15, -0.1) is 0 Å². The average molecular weight is 279 g/mol. The van der Waals surface area contributed by atoms with Gasteiger partial charge in [0.2, 0.25) is 0 Å². The minimum absolute atomic E-state index is 0.687. The zero-order valence-corrected chi connectivity index (χ0v) is 13.4. The van der Waals surface area contributed by atoms with Crippen molar-refractivity contribution in [2.24, 2.45) is 5.92 Å². The summed E-state index contributed by atoms with van der Waals surface area (Å²) in [5.41, 5.74) is 1.30. The lowest BCUT2D eigenvalue weighted by Gasteiger charge is -2.31. The van der Waals surface area contributed by atoms with Crippen molar-refractivity contribution in [1.29, 1.82) is 0 Å². The molecule has 0 atom stereocenters. The number of piperazine rings is 1. The van der Waals surface area contributed by atoms with Crippen LogP contribution < -0.4 is 5.32 Å². The molecule has 1 saturated heterocycles. The van der Waals surface area contributed by atoms with Crippen LogP contribution in [0.2, 0.25) is 0 Å². The Labute approximate surface area is 123 Å². The number of aryl methyl sites for hydroxylation is 1. The first kappa shape index (κ1) is 15.5. The molecule has 1 fully saturated rings. The van der Waals surface area contributed by atoms with Gasteiger partial charge < -0.3 is 14.6 Å². The van der Waals surface area contributed by atoms with E-state index < -0.39 is 0 Å². The number of likely N-dealkylation sites (N-methyl/N-ethyl adjacent to an activating group) is 1. The molecule has 0 aromatic carbocycles. The number of furan rings is 1. The van der Waals surface area contributed by atoms with E-state index in [9.17, 15) is 0 Å². The van der Waals surface area contributed by atoms with Crippen LogP contribution in [0.5, 0.6) is 0 Å². The summed E-state index contributed by atoms with van der Waals surface area (Å²) in [7, 11) is 2.19. The summed E-state index contributed by atoms with van der Waals surface area (Å²) in [4.78, 5) is 4.86. The topological polar surface area (TPSA) is 31.7 Å². The number of nitrogens with one attached hydrogen (secondary N) is 1. The SMILES string of the molecule is Cc1oc(CN2CCN(C)CC2)cc1CNCC(C)C. The highest BCUT2D eigenvalue weighted by atomic mass is 16.3. The van der Waals surface area contributed by atoms with E-state index in [-0.39, 0.29) is 0 Å². The summed E-state index contributed by atoms with van der Waals surface area (Å²) < 4.78 is 5.91. The van der Waals surface area contributed by atoms with Crippen molar-refractivity contribution in [3.63, 3.8) is 0 Å². The Morgan fingerprint density at radius 2 is 1.95 bits per heavy atom. The molecule has 114 valence electrons. The van der Waals surface area contributed by atoms with Crippen molar-refractivity contribution in [3.05, 3.63) is 23.2 Å². The van der Waals surface area contributed by atoms with Crippen LogP contribution in [0.15, 0.2) is 10.5 Å². The van der Waals surface area contributed by atoms with E-state index in [0.717, 1.165) is 57.3 Å². The maximum absolute atomic E-state index is 5.91. The lowest BCUT2D eigenvalue weighted by atomic mass is 10.2. The Balaban J connectivity index is 1.83. The monoisotopic (exact) mass is 279 g/mol. The van der Waals surface area contributed by atoms with Gasteiger partial charge in [0.1, 0.15) is 11.5 Å². The van der Waals surface area contributed by atoms with Crippen molar-refractivity contribution < 1.29 is 4.42 Å². The van der Waals surface area contributed by atoms with E-state index in [1.807, 2.05) is 0 Å². The quantitative estimate of drug-likeness (QED) is 0.864. The van der Waals surface area contributed by atoms with Crippen LogP contribution in [0.3, 0.4) is 0 Å². The first-order valence-corrected chi connectivity index (χ1v) is 7.74. The summed E-state index contributed by atoms with van der Waals surface area (Å²) in [5.74, 6) is 2.85. The number of hydrogen-bond acceptors (Lipinski definition) is 4. The first-order valence-electron chi connectivity index (χ1n) is 7.74. The van der Waals surface area contributed by atoms with Crippen LogP contribution in [-0.4, -0.2) is 49.6 Å². The molecule has 1 aromatic heterocycles. The zero-order valence-electron chi connectivity index (χ0n) is 13.4. The van der Waals surface area contributed by atoms with Crippen LogP contribution in [0.25, 0.3) is 0 Å². The fourth-order valence-corrected chi connectivity index (χ4v) is 2.56. The molecule has 0 bridgehead atoms. The largest absolute Gasteiger partial charge is 0.465 e. The van der Waals surface area contributed by atoms with E-state index in [0.29, 0.717) is 5.92 Å². The molecule has 0 saturated carbocycles. The van der Waals surface area contributed by atoms with E-state index >= 15 is 0 Å². The maximum atomic E-state index is 5.91. The molecule has 0 unspecified atom stereocenters. The fourth-order valence-electron chi connectivity index (χ4n) is 2.56. The molecular formula is C16H29N3O. The minimum atomic E-state index is 0.687. The predicted molar refractivity (Wildman–Crippen MR) is 82.8 cm³/mol. The lowest BCUT2D eigenvalue weighted by molar-refractivity contribution is 0.140. The van der Waals surface area contributed by atoms with Gasteiger partial charge >= 0.3 is 0 Å². The molecule has 4 heteroatoms. The zero-order chi connectivity index (χ0) is 14.5. The second-order valence-electron chi connectivity index (χ2n) is 6.40. The van der Waals surface area contributed by atoms with E-state index in [1.54, 1.807) is 0 Å². The maximum Gasteiger partial charge on any atom is 0.118 e. The molecule has 2 rings (SSSR count). The summed E-state index contributed by atoms with van der Waals surface area (Å²) in [6.07, 6.45) is 0. The third kappa shape index (κ3) is 4.62. The highest BCUT2D eigenvalue weighted by molar-refractivity contribution is 5.20. The van der Waals surface area contributed by atoms with Crippen LogP contribution in [0.1, 0.15) is 30.9 Å². The molecular weight excluding hydrogens is 250 g/mol. The second kappa shape index (κ2) is 7.25. The molecule has 0 aliphatic carbocycles. The molecule has 0 amide bonds. The van der Waals surface area contributed by atoms with Gasteiger partial charge in [-0.1, -0.05) is 13.8 Å². The second-order valence-corrected chi connectivity index (χ2v) is 6.40. The highest BCUT2D eigenvalue weighted by Gasteiger charge is 2.16. The van der Waals surface area contributed by atoms with Gasteiger partial charge in [-0.2, -0.15) is 0 Å². The Hall–Kier alpha value is -0.840. The van der Waals surface area contributed by atoms with Gasteiger partial charge in [0, 0.05) is 38.3 Å². The van der Waals surface area contributed by atoms with Crippen molar-refractivity contribution in [2.75, 3.05) is 39.8 Å². The highest BCUT2D eigenvalue weighted by Crippen LogP contribution is 2.17. The molecule has 1 aromatic rings. The van der Waals surface area contributed by atoms with Crippen molar-refractivity contribution >= 4 is 0 Å².